The predicted molar refractivity (Wildman–Crippen MR) is 137 cm³/mol. The number of nitrogens with one attached hydrogen (secondary N) is 1. The zero-order valence-electron chi connectivity index (χ0n) is 18.1. The van der Waals surface area contributed by atoms with Crippen molar-refractivity contribution in [2.75, 3.05) is 25.1 Å². The van der Waals surface area contributed by atoms with Gasteiger partial charge >= 0.3 is 0 Å². The van der Waals surface area contributed by atoms with E-state index in [9.17, 15) is 4.79 Å². The van der Waals surface area contributed by atoms with Crippen molar-refractivity contribution in [3.05, 3.63) is 89.5 Å². The van der Waals surface area contributed by atoms with Crippen LogP contribution in [0, 0.1) is 0 Å². The summed E-state index contributed by atoms with van der Waals surface area (Å²) in [6.07, 6.45) is 1.61. The molecule has 0 saturated carbocycles. The van der Waals surface area contributed by atoms with Crippen LogP contribution in [0.2, 0.25) is 0 Å². The predicted octanol–water partition coefficient (Wildman–Crippen LogP) is 4.78. The minimum Gasteiger partial charge on any atom is -0.395 e. The Morgan fingerprint density at radius 1 is 1.12 bits per heavy atom. The molecule has 168 valence electrons. The van der Waals surface area contributed by atoms with Crippen LogP contribution in [0.15, 0.2) is 82.2 Å². The van der Waals surface area contributed by atoms with E-state index in [0.29, 0.717) is 12.1 Å². The first-order chi connectivity index (χ1) is 16.1. The molecule has 0 bridgehead atoms. The van der Waals surface area contributed by atoms with Crippen LogP contribution in [0.3, 0.4) is 0 Å². The molecule has 0 atom stereocenters. The van der Waals surface area contributed by atoms with Crippen LogP contribution in [0.4, 0.5) is 5.69 Å². The van der Waals surface area contributed by atoms with E-state index in [-0.39, 0.29) is 12.5 Å². The maximum absolute atomic E-state index is 12.4. The lowest BCUT2D eigenvalue weighted by atomic mass is 10.1. The fraction of sp³-hybridized carbons (Fsp3) is 0.160. The second-order valence-electron chi connectivity index (χ2n) is 7.37. The van der Waals surface area contributed by atoms with Gasteiger partial charge in [-0.15, -0.1) is 11.3 Å². The first-order valence-electron chi connectivity index (χ1n) is 10.4. The van der Waals surface area contributed by atoms with Crippen LogP contribution in [-0.2, 0) is 5.75 Å². The van der Waals surface area contributed by atoms with Gasteiger partial charge in [0.05, 0.1) is 23.0 Å². The van der Waals surface area contributed by atoms with E-state index >= 15 is 0 Å². The number of amides is 1. The summed E-state index contributed by atoms with van der Waals surface area (Å²) in [5, 5.41) is 13.1. The number of carbonyl (C=O) groups excluding carboxylic acids is 1. The van der Waals surface area contributed by atoms with Crippen LogP contribution in [-0.4, -0.2) is 42.4 Å². The van der Waals surface area contributed by atoms with Crippen molar-refractivity contribution in [2.24, 2.45) is 5.10 Å². The largest absolute Gasteiger partial charge is 0.395 e. The first kappa shape index (κ1) is 23.0. The Labute approximate surface area is 201 Å². The molecule has 0 aliphatic carbocycles. The SMILES string of the molecule is CN(CCO)c1ccc(C=NNC(=O)c2ccc(CSc3nc4ccccc4s3)cc2)cc1. The fourth-order valence-electron chi connectivity index (χ4n) is 3.13. The number of hydrogen-bond acceptors (Lipinski definition) is 7. The van der Waals surface area contributed by atoms with Gasteiger partial charge in [0, 0.05) is 30.6 Å². The summed E-state index contributed by atoms with van der Waals surface area (Å²) in [7, 11) is 1.92. The summed E-state index contributed by atoms with van der Waals surface area (Å²) in [5.74, 6) is 0.541. The van der Waals surface area contributed by atoms with Gasteiger partial charge in [0.2, 0.25) is 0 Å². The van der Waals surface area contributed by atoms with Gasteiger partial charge in [-0.05, 0) is 47.5 Å². The summed E-state index contributed by atoms with van der Waals surface area (Å²) in [4.78, 5) is 19.0. The second-order valence-corrected chi connectivity index (χ2v) is 9.62. The molecular formula is C25H24N4O2S2. The van der Waals surface area contributed by atoms with Gasteiger partial charge in [0.15, 0.2) is 4.34 Å². The summed E-state index contributed by atoms with van der Waals surface area (Å²) in [6, 6.07) is 23.4. The Balaban J connectivity index is 1.28. The molecule has 0 spiro atoms. The standard InChI is InChI=1S/C25H24N4O2S2/c1-29(14-15-30)21-12-8-18(9-13-21)16-26-28-24(31)20-10-6-19(7-11-20)17-32-25-27-22-4-2-3-5-23(22)33-25/h2-13,16,30H,14-15,17H2,1H3,(H,28,31). The molecule has 3 aromatic carbocycles. The summed E-state index contributed by atoms with van der Waals surface area (Å²) < 4.78 is 2.23. The number of aliphatic hydroxyl groups is 1. The number of anilines is 1. The number of para-hydroxylation sites is 1. The average molecular weight is 477 g/mol. The van der Waals surface area contributed by atoms with Crippen LogP contribution < -0.4 is 10.3 Å². The minimum atomic E-state index is -0.254. The van der Waals surface area contributed by atoms with Crippen LogP contribution in [0.1, 0.15) is 21.5 Å². The Hall–Kier alpha value is -3.20. The maximum Gasteiger partial charge on any atom is 0.271 e. The van der Waals surface area contributed by atoms with Crippen molar-refractivity contribution in [3.63, 3.8) is 0 Å². The third-order valence-corrected chi connectivity index (χ3v) is 7.25. The van der Waals surface area contributed by atoms with Crippen LogP contribution in [0.25, 0.3) is 10.2 Å². The normalized spacial score (nSPS) is 11.2. The van der Waals surface area contributed by atoms with Crippen molar-refractivity contribution in [1.82, 2.24) is 10.4 Å². The van der Waals surface area contributed by atoms with Crippen molar-refractivity contribution < 1.29 is 9.90 Å². The second kappa shape index (κ2) is 11.1. The molecule has 0 aliphatic rings. The van der Waals surface area contributed by atoms with Gasteiger partial charge in [-0.3, -0.25) is 4.79 Å². The molecule has 33 heavy (non-hydrogen) atoms. The van der Waals surface area contributed by atoms with Gasteiger partial charge in [-0.25, -0.2) is 10.4 Å². The van der Waals surface area contributed by atoms with E-state index in [1.807, 2.05) is 78.7 Å². The molecule has 0 fully saturated rings. The smallest absolute Gasteiger partial charge is 0.271 e. The number of aromatic nitrogens is 1. The number of carbonyl (C=O) groups is 1. The highest BCUT2D eigenvalue weighted by atomic mass is 32.2. The van der Waals surface area contributed by atoms with Crippen LogP contribution in [0.5, 0.6) is 0 Å². The molecule has 0 aliphatic heterocycles. The zero-order valence-corrected chi connectivity index (χ0v) is 19.8. The van der Waals surface area contributed by atoms with E-state index in [0.717, 1.165) is 32.4 Å². The molecule has 0 unspecified atom stereocenters. The number of nitrogens with zero attached hydrogens (tertiary/aromatic N) is 3. The van der Waals surface area contributed by atoms with Gasteiger partial charge in [-0.2, -0.15) is 5.10 Å². The summed E-state index contributed by atoms with van der Waals surface area (Å²) in [5.41, 5.74) is 7.17. The molecule has 0 radical (unpaired) electrons. The Bertz CT molecular complexity index is 1200. The zero-order chi connectivity index (χ0) is 23.0. The van der Waals surface area contributed by atoms with Crippen molar-refractivity contribution in [3.8, 4) is 0 Å². The lowest BCUT2D eigenvalue weighted by Gasteiger charge is -2.17. The van der Waals surface area contributed by atoms with Crippen molar-refractivity contribution in [1.29, 1.82) is 0 Å². The van der Waals surface area contributed by atoms with E-state index in [1.54, 1.807) is 29.3 Å². The van der Waals surface area contributed by atoms with E-state index < -0.39 is 0 Å². The fourth-order valence-corrected chi connectivity index (χ4v) is 5.16. The van der Waals surface area contributed by atoms with E-state index in [4.69, 9.17) is 5.11 Å². The number of rotatable bonds is 9. The van der Waals surface area contributed by atoms with Gasteiger partial charge < -0.3 is 10.0 Å². The highest BCUT2D eigenvalue weighted by molar-refractivity contribution is 8.00. The number of aliphatic hydroxyl groups excluding tert-OH is 1. The van der Waals surface area contributed by atoms with Crippen molar-refractivity contribution in [2.45, 2.75) is 10.1 Å². The van der Waals surface area contributed by atoms with E-state index in [1.165, 1.54) is 4.70 Å². The number of thiazole rings is 1. The Morgan fingerprint density at radius 3 is 2.61 bits per heavy atom. The Morgan fingerprint density at radius 2 is 1.88 bits per heavy atom. The van der Waals surface area contributed by atoms with Crippen molar-refractivity contribution >= 4 is 51.1 Å². The number of benzene rings is 3. The van der Waals surface area contributed by atoms with Gasteiger partial charge in [-0.1, -0.05) is 48.2 Å². The molecule has 4 rings (SSSR count). The average Bonchev–Trinajstić information content (AvgIpc) is 3.27. The number of hydrogen-bond donors (Lipinski definition) is 2. The Kier molecular flexibility index (Phi) is 7.72. The van der Waals surface area contributed by atoms with Gasteiger partial charge in [0.25, 0.3) is 5.91 Å². The summed E-state index contributed by atoms with van der Waals surface area (Å²) in [6.45, 7) is 0.678. The molecule has 4 aromatic rings. The highest BCUT2D eigenvalue weighted by Gasteiger charge is 2.07. The molecule has 0 saturated heterocycles. The monoisotopic (exact) mass is 476 g/mol. The minimum absolute atomic E-state index is 0.106. The number of likely N-dealkylation sites (N-methyl/N-ethyl adjacent to an activating group) is 1. The first-order valence-corrected chi connectivity index (χ1v) is 12.3. The topological polar surface area (TPSA) is 77.8 Å². The lowest BCUT2D eigenvalue weighted by molar-refractivity contribution is 0.0955. The third-order valence-electron chi connectivity index (χ3n) is 5.00. The maximum atomic E-state index is 12.4. The van der Waals surface area contributed by atoms with Gasteiger partial charge in [0.1, 0.15) is 0 Å². The number of hydrazone groups is 1. The molecule has 1 heterocycles. The molecule has 1 amide bonds. The third kappa shape index (κ3) is 6.19. The highest BCUT2D eigenvalue weighted by Crippen LogP contribution is 2.31. The molecule has 8 heteroatoms. The molecule has 2 N–H and O–H groups in total. The summed E-state index contributed by atoms with van der Waals surface area (Å²) >= 11 is 3.39. The quantitative estimate of drug-likeness (QED) is 0.207. The molecule has 1 aromatic heterocycles. The molecular weight excluding hydrogens is 452 g/mol. The van der Waals surface area contributed by atoms with E-state index in [2.05, 4.69) is 21.6 Å². The van der Waals surface area contributed by atoms with Crippen LogP contribution >= 0.6 is 23.1 Å². The number of thioether (sulfide) groups is 1. The number of fused-ring (bicyclic) bond motifs is 1. The lowest BCUT2D eigenvalue weighted by Crippen LogP contribution is -2.20. The molecule has 6 nitrogen and oxygen atoms in total.